The Morgan fingerprint density at radius 2 is 0.891 bits per heavy atom. The van der Waals surface area contributed by atoms with Gasteiger partial charge in [-0.3, -0.25) is 0 Å². The number of hydrogen-bond donors (Lipinski definition) is 0. The predicted octanol–water partition coefficient (Wildman–Crippen LogP) is 14.5. The average molecular weight is 703 g/mol. The fraction of sp³-hybridized carbons (Fsp3) is 0.0566. The summed E-state index contributed by atoms with van der Waals surface area (Å²) in [5.74, 6) is 0. The van der Waals surface area contributed by atoms with E-state index in [0.29, 0.717) is 0 Å². The summed E-state index contributed by atoms with van der Waals surface area (Å²) in [6.07, 6.45) is 0. The van der Waals surface area contributed by atoms with Crippen molar-refractivity contribution in [1.82, 2.24) is 4.57 Å². The van der Waals surface area contributed by atoms with Crippen molar-refractivity contribution in [1.29, 1.82) is 0 Å². The lowest BCUT2D eigenvalue weighted by atomic mass is 9.81. The van der Waals surface area contributed by atoms with E-state index in [1.807, 2.05) is 0 Å². The zero-order chi connectivity index (χ0) is 36.7. The van der Waals surface area contributed by atoms with Crippen molar-refractivity contribution in [3.05, 3.63) is 205 Å². The van der Waals surface area contributed by atoms with Gasteiger partial charge in [0.2, 0.25) is 0 Å². The molecule has 260 valence electrons. The van der Waals surface area contributed by atoms with Gasteiger partial charge in [0.15, 0.2) is 0 Å². The van der Waals surface area contributed by atoms with Gasteiger partial charge in [-0.2, -0.15) is 0 Å². The van der Waals surface area contributed by atoms with Crippen molar-refractivity contribution in [3.63, 3.8) is 0 Å². The summed E-state index contributed by atoms with van der Waals surface area (Å²) in [6, 6.07) is 71.3. The van der Waals surface area contributed by atoms with Crippen molar-refractivity contribution in [3.8, 4) is 39.1 Å². The number of rotatable bonds is 6. The molecule has 2 heteroatoms. The fourth-order valence-corrected chi connectivity index (χ4v) is 9.22. The zero-order valence-electron chi connectivity index (χ0n) is 30.9. The van der Waals surface area contributed by atoms with Gasteiger partial charge in [-0.05, 0) is 122 Å². The van der Waals surface area contributed by atoms with Crippen molar-refractivity contribution < 1.29 is 0 Å². The van der Waals surface area contributed by atoms with Gasteiger partial charge in [0.05, 0.1) is 11.0 Å². The summed E-state index contributed by atoms with van der Waals surface area (Å²) in [7, 11) is 0. The van der Waals surface area contributed by atoms with Crippen LogP contribution in [-0.4, -0.2) is 4.57 Å². The summed E-state index contributed by atoms with van der Waals surface area (Å²) in [5.41, 5.74) is 17.2. The predicted molar refractivity (Wildman–Crippen MR) is 233 cm³/mol. The molecule has 0 amide bonds. The van der Waals surface area contributed by atoms with Crippen LogP contribution in [0.3, 0.4) is 0 Å². The van der Waals surface area contributed by atoms with Crippen LogP contribution in [0.25, 0.3) is 71.6 Å². The molecule has 1 aliphatic rings. The Morgan fingerprint density at radius 1 is 0.382 bits per heavy atom. The lowest BCUT2D eigenvalue weighted by molar-refractivity contribution is 0.660. The standard InChI is InChI=1S/C53H38N2/c1-53(2)47-33-40(39-16-9-19-43(32-39)55-49-20-10-14-37-22-23-38-15-11-21-50(55)52(38)51(37)49)26-30-45(47)46-31-29-44(34-48(46)53)54(41-17-7-4-8-18-41)42-27-24-36(25-28-42)35-12-5-3-6-13-35/h3-34H,1-2H3. The minimum absolute atomic E-state index is 0.185. The molecule has 0 spiro atoms. The van der Waals surface area contributed by atoms with Crippen LogP contribution < -0.4 is 4.90 Å². The van der Waals surface area contributed by atoms with E-state index in [9.17, 15) is 0 Å². The number of benzene rings is 9. The second kappa shape index (κ2) is 12.1. The van der Waals surface area contributed by atoms with E-state index >= 15 is 0 Å². The first-order valence-electron chi connectivity index (χ1n) is 19.2. The van der Waals surface area contributed by atoms with Crippen LogP contribution in [0, 0.1) is 0 Å². The zero-order valence-corrected chi connectivity index (χ0v) is 30.9. The number of aromatic nitrogens is 1. The average Bonchev–Trinajstić information content (AvgIpc) is 3.70. The van der Waals surface area contributed by atoms with E-state index in [4.69, 9.17) is 0 Å². The van der Waals surface area contributed by atoms with Crippen molar-refractivity contribution in [2.75, 3.05) is 4.90 Å². The minimum atomic E-state index is -0.185. The van der Waals surface area contributed by atoms with Gasteiger partial charge < -0.3 is 9.47 Å². The van der Waals surface area contributed by atoms with Crippen LogP contribution in [0.5, 0.6) is 0 Å². The summed E-state index contributed by atoms with van der Waals surface area (Å²) < 4.78 is 2.44. The minimum Gasteiger partial charge on any atom is -0.310 e. The molecule has 0 unspecified atom stereocenters. The van der Waals surface area contributed by atoms with Crippen molar-refractivity contribution >= 4 is 49.6 Å². The molecule has 11 rings (SSSR count). The highest BCUT2D eigenvalue weighted by molar-refractivity contribution is 6.24. The van der Waals surface area contributed by atoms with Crippen LogP contribution in [-0.2, 0) is 5.41 Å². The normalized spacial score (nSPS) is 13.1. The van der Waals surface area contributed by atoms with Crippen molar-refractivity contribution in [2.45, 2.75) is 19.3 Å². The number of para-hydroxylation sites is 1. The first-order valence-corrected chi connectivity index (χ1v) is 19.2. The number of nitrogens with zero attached hydrogens (tertiary/aromatic N) is 2. The lowest BCUT2D eigenvalue weighted by Gasteiger charge is -2.28. The Kier molecular flexibility index (Phi) is 6.93. The third-order valence-corrected chi connectivity index (χ3v) is 11.9. The Balaban J connectivity index is 0.981. The molecular weight excluding hydrogens is 665 g/mol. The van der Waals surface area contributed by atoms with Gasteiger partial charge in [-0.1, -0.05) is 141 Å². The molecule has 0 aliphatic heterocycles. The maximum absolute atomic E-state index is 2.44. The fourth-order valence-electron chi connectivity index (χ4n) is 9.22. The summed E-state index contributed by atoms with van der Waals surface area (Å²) >= 11 is 0. The van der Waals surface area contributed by atoms with Crippen LogP contribution in [0.4, 0.5) is 17.1 Å². The second-order valence-corrected chi connectivity index (χ2v) is 15.4. The summed E-state index contributed by atoms with van der Waals surface area (Å²) in [6.45, 7) is 4.76. The molecule has 2 nitrogen and oxygen atoms in total. The highest BCUT2D eigenvalue weighted by atomic mass is 15.1. The summed E-state index contributed by atoms with van der Waals surface area (Å²) in [5, 5.41) is 5.25. The van der Waals surface area contributed by atoms with E-state index in [1.165, 1.54) is 82.8 Å². The Bertz CT molecular complexity index is 2980. The highest BCUT2D eigenvalue weighted by Gasteiger charge is 2.36. The number of anilines is 3. The number of hydrogen-bond acceptors (Lipinski definition) is 1. The molecule has 0 fully saturated rings. The van der Waals surface area contributed by atoms with Crippen molar-refractivity contribution in [2.24, 2.45) is 0 Å². The lowest BCUT2D eigenvalue weighted by Crippen LogP contribution is -2.16. The topological polar surface area (TPSA) is 8.17 Å². The first-order chi connectivity index (χ1) is 27.0. The number of fused-ring (bicyclic) bond motifs is 3. The molecule has 0 radical (unpaired) electrons. The van der Waals surface area contributed by atoms with E-state index in [0.717, 1.165) is 17.1 Å². The molecule has 10 aromatic rings. The Hall–Kier alpha value is -6.90. The largest absolute Gasteiger partial charge is 0.310 e. The summed E-state index contributed by atoms with van der Waals surface area (Å²) in [4.78, 5) is 2.38. The van der Waals surface area contributed by atoms with Crippen LogP contribution >= 0.6 is 0 Å². The first kappa shape index (κ1) is 31.6. The van der Waals surface area contributed by atoms with Gasteiger partial charge in [0, 0.05) is 38.9 Å². The molecule has 0 bridgehead atoms. The van der Waals surface area contributed by atoms with Gasteiger partial charge in [0.1, 0.15) is 0 Å². The molecule has 9 aromatic carbocycles. The smallest absolute Gasteiger partial charge is 0.0547 e. The van der Waals surface area contributed by atoms with E-state index in [1.54, 1.807) is 0 Å². The monoisotopic (exact) mass is 702 g/mol. The molecule has 0 N–H and O–H groups in total. The molecule has 0 saturated carbocycles. The van der Waals surface area contributed by atoms with E-state index in [-0.39, 0.29) is 5.41 Å². The van der Waals surface area contributed by atoms with Crippen LogP contribution in [0.2, 0.25) is 0 Å². The molecule has 1 aliphatic carbocycles. The van der Waals surface area contributed by atoms with Crippen LogP contribution in [0.1, 0.15) is 25.0 Å². The third kappa shape index (κ3) is 4.88. The maximum Gasteiger partial charge on any atom is 0.0547 e. The Labute approximate surface area is 321 Å². The third-order valence-electron chi connectivity index (χ3n) is 11.9. The Morgan fingerprint density at radius 3 is 1.58 bits per heavy atom. The molecular formula is C53H38N2. The quantitative estimate of drug-likeness (QED) is 0.157. The van der Waals surface area contributed by atoms with Gasteiger partial charge in [-0.25, -0.2) is 0 Å². The maximum atomic E-state index is 2.44. The van der Waals surface area contributed by atoms with Gasteiger partial charge in [-0.15, -0.1) is 0 Å². The van der Waals surface area contributed by atoms with Gasteiger partial charge in [0.25, 0.3) is 0 Å². The molecule has 1 aromatic heterocycles. The molecule has 1 heterocycles. The highest BCUT2D eigenvalue weighted by Crippen LogP contribution is 2.52. The van der Waals surface area contributed by atoms with Crippen LogP contribution in [0.15, 0.2) is 194 Å². The molecule has 0 saturated heterocycles. The van der Waals surface area contributed by atoms with E-state index in [2.05, 4.69) is 217 Å². The molecule has 0 atom stereocenters. The SMILES string of the molecule is CC1(C)c2cc(-c3cccc(-n4c5cccc6ccc7cccc4c7c65)c3)ccc2-c2ccc(N(c3ccccc3)c3ccc(-c4ccccc4)cc3)cc21. The van der Waals surface area contributed by atoms with Gasteiger partial charge >= 0.3 is 0 Å². The molecule has 55 heavy (non-hydrogen) atoms. The van der Waals surface area contributed by atoms with E-state index < -0.39 is 0 Å². The second-order valence-electron chi connectivity index (χ2n) is 15.4.